The average Bonchev–Trinajstić information content (AvgIpc) is 3.35. The van der Waals surface area contributed by atoms with E-state index in [4.69, 9.17) is 4.74 Å². The maximum absolute atomic E-state index is 13.1. The van der Waals surface area contributed by atoms with Gasteiger partial charge in [-0.05, 0) is 48.1 Å². The van der Waals surface area contributed by atoms with Crippen LogP contribution in [0.2, 0.25) is 0 Å². The van der Waals surface area contributed by atoms with E-state index in [1.165, 1.54) is 11.3 Å². The highest BCUT2D eigenvalue weighted by molar-refractivity contribution is 7.12. The lowest BCUT2D eigenvalue weighted by Gasteiger charge is -2.42. The molecule has 32 heavy (non-hydrogen) atoms. The van der Waals surface area contributed by atoms with Gasteiger partial charge in [-0.1, -0.05) is 24.3 Å². The zero-order valence-electron chi connectivity index (χ0n) is 17.4. The zero-order chi connectivity index (χ0) is 22.1. The Morgan fingerprint density at radius 1 is 1.03 bits per heavy atom. The zero-order valence-corrected chi connectivity index (χ0v) is 18.2. The van der Waals surface area contributed by atoms with E-state index in [2.05, 4.69) is 5.32 Å². The van der Waals surface area contributed by atoms with Crippen molar-refractivity contribution in [2.24, 2.45) is 5.92 Å². The smallest absolute Gasteiger partial charge is 0.274 e. The average molecular weight is 450 g/mol. The molecule has 1 fully saturated rings. The number of ether oxygens (including phenoxy) is 1. The van der Waals surface area contributed by atoms with Crippen molar-refractivity contribution in [2.75, 3.05) is 25.0 Å². The fourth-order valence-electron chi connectivity index (χ4n) is 4.59. The first-order chi connectivity index (χ1) is 15.6. The van der Waals surface area contributed by atoms with E-state index in [-0.39, 0.29) is 41.5 Å². The number of piperidine rings is 1. The number of aromatic nitrogens is 1. The normalized spacial score (nSPS) is 19.2. The number of hydrogen-bond acceptors (Lipinski definition) is 5. The molecular formula is C24H23N3O4S. The molecular weight excluding hydrogens is 426 g/mol. The highest BCUT2D eigenvalue weighted by atomic mass is 32.1. The van der Waals surface area contributed by atoms with E-state index in [9.17, 15) is 14.4 Å². The van der Waals surface area contributed by atoms with Gasteiger partial charge in [-0.2, -0.15) is 0 Å². The maximum atomic E-state index is 13.1. The van der Waals surface area contributed by atoms with Crippen LogP contribution in [0.25, 0.3) is 0 Å². The van der Waals surface area contributed by atoms with Crippen LogP contribution in [0.5, 0.6) is 5.75 Å². The van der Waals surface area contributed by atoms with Gasteiger partial charge in [0.25, 0.3) is 17.4 Å². The van der Waals surface area contributed by atoms with Crippen LogP contribution in [0.3, 0.4) is 0 Å². The molecule has 2 aliphatic heterocycles. The molecule has 0 saturated carbocycles. The summed E-state index contributed by atoms with van der Waals surface area (Å²) in [6, 6.07) is 16.4. The Labute approximate surface area is 189 Å². The predicted molar refractivity (Wildman–Crippen MR) is 122 cm³/mol. The molecule has 164 valence electrons. The third kappa shape index (κ3) is 4.05. The Kier molecular flexibility index (Phi) is 5.53. The van der Waals surface area contributed by atoms with Crippen molar-refractivity contribution in [3.63, 3.8) is 0 Å². The van der Waals surface area contributed by atoms with Crippen molar-refractivity contribution in [1.29, 1.82) is 0 Å². The number of rotatable bonds is 5. The van der Waals surface area contributed by atoms with Gasteiger partial charge >= 0.3 is 0 Å². The van der Waals surface area contributed by atoms with Crippen molar-refractivity contribution in [3.8, 4) is 5.75 Å². The number of nitrogens with one attached hydrogen (secondary N) is 1. The van der Waals surface area contributed by atoms with Crippen molar-refractivity contribution in [2.45, 2.75) is 18.9 Å². The molecule has 2 amide bonds. The van der Waals surface area contributed by atoms with Crippen molar-refractivity contribution in [3.05, 3.63) is 80.9 Å². The second-order valence-corrected chi connectivity index (χ2v) is 9.17. The summed E-state index contributed by atoms with van der Waals surface area (Å²) in [7, 11) is 0. The molecule has 2 aliphatic rings. The summed E-state index contributed by atoms with van der Waals surface area (Å²) < 4.78 is 7.40. The largest absolute Gasteiger partial charge is 0.484 e. The molecule has 2 unspecified atom stereocenters. The summed E-state index contributed by atoms with van der Waals surface area (Å²) in [4.78, 5) is 40.6. The van der Waals surface area contributed by atoms with E-state index >= 15 is 0 Å². The Hall–Kier alpha value is -3.39. The molecule has 2 aromatic heterocycles. The van der Waals surface area contributed by atoms with Crippen LogP contribution in [0.1, 0.15) is 27.7 Å². The molecule has 0 spiro atoms. The second-order valence-electron chi connectivity index (χ2n) is 8.22. The van der Waals surface area contributed by atoms with Gasteiger partial charge in [-0.3, -0.25) is 14.4 Å². The van der Waals surface area contributed by atoms with E-state index in [0.29, 0.717) is 30.3 Å². The summed E-state index contributed by atoms with van der Waals surface area (Å²) >= 11 is 1.34. The molecule has 8 heteroatoms. The molecule has 3 aromatic rings. The number of anilines is 1. The van der Waals surface area contributed by atoms with Crippen molar-refractivity contribution < 1.29 is 14.3 Å². The van der Waals surface area contributed by atoms with Crippen LogP contribution >= 0.6 is 11.3 Å². The number of para-hydroxylation sites is 1. The lowest BCUT2D eigenvalue weighted by molar-refractivity contribution is -0.136. The Bertz CT molecular complexity index is 1190. The van der Waals surface area contributed by atoms with Crippen LogP contribution < -0.4 is 15.6 Å². The molecule has 7 nitrogen and oxygen atoms in total. The minimum atomic E-state index is -0.274. The topological polar surface area (TPSA) is 80.6 Å². The molecule has 1 aromatic carbocycles. The number of pyridine rings is 1. The molecule has 0 aliphatic carbocycles. The van der Waals surface area contributed by atoms with Crippen LogP contribution in [0.4, 0.5) is 5.69 Å². The number of hydrogen-bond donors (Lipinski definition) is 1. The van der Waals surface area contributed by atoms with Gasteiger partial charge in [-0.15, -0.1) is 11.3 Å². The van der Waals surface area contributed by atoms with Gasteiger partial charge in [0.2, 0.25) is 0 Å². The molecule has 1 N–H and O–H groups in total. The fourth-order valence-corrected chi connectivity index (χ4v) is 5.21. The monoisotopic (exact) mass is 449 g/mol. The van der Waals surface area contributed by atoms with Gasteiger partial charge in [0.1, 0.15) is 11.4 Å². The minimum Gasteiger partial charge on any atom is -0.484 e. The van der Waals surface area contributed by atoms with Gasteiger partial charge in [0.15, 0.2) is 6.61 Å². The summed E-state index contributed by atoms with van der Waals surface area (Å²) in [5, 5.41) is 4.57. The van der Waals surface area contributed by atoms with Crippen LogP contribution in [-0.4, -0.2) is 41.0 Å². The van der Waals surface area contributed by atoms with Crippen LogP contribution in [0, 0.1) is 5.92 Å². The first-order valence-corrected chi connectivity index (χ1v) is 11.5. The molecule has 4 heterocycles. The molecule has 5 rings (SSSR count). The van der Waals surface area contributed by atoms with Crippen molar-refractivity contribution >= 4 is 28.8 Å². The summed E-state index contributed by atoms with van der Waals surface area (Å²) in [5.41, 5.74) is 1.02. The van der Waals surface area contributed by atoms with Gasteiger partial charge in [0.05, 0.1) is 4.88 Å². The number of benzene rings is 1. The number of fused-ring (bicyclic) bond motifs is 4. The number of carbonyl (C=O) groups excluding carboxylic acids is 2. The lowest BCUT2D eigenvalue weighted by Crippen LogP contribution is -2.50. The quantitative estimate of drug-likeness (QED) is 0.649. The van der Waals surface area contributed by atoms with Crippen LogP contribution in [0.15, 0.2) is 64.8 Å². The third-order valence-corrected chi connectivity index (χ3v) is 6.92. The van der Waals surface area contributed by atoms with E-state index in [0.717, 1.165) is 12.1 Å². The molecule has 2 atom stereocenters. The number of likely N-dealkylation sites (tertiary alicyclic amines) is 1. The minimum absolute atomic E-state index is 0.00392. The first kappa shape index (κ1) is 20.5. The SMILES string of the molecule is O=C(Nc1ccc2n(c1=O)CC1CC2CN(C(=O)COc2ccccc2)C1)c1cccs1. The Morgan fingerprint density at radius 2 is 1.88 bits per heavy atom. The molecule has 2 bridgehead atoms. The first-order valence-electron chi connectivity index (χ1n) is 10.6. The predicted octanol–water partition coefficient (Wildman–Crippen LogP) is 3.19. The Morgan fingerprint density at radius 3 is 2.66 bits per heavy atom. The number of amides is 2. The van der Waals surface area contributed by atoms with Gasteiger partial charge < -0.3 is 19.5 Å². The van der Waals surface area contributed by atoms with Crippen LogP contribution in [-0.2, 0) is 11.3 Å². The molecule has 1 saturated heterocycles. The van der Waals surface area contributed by atoms with Gasteiger partial charge in [-0.25, -0.2) is 0 Å². The summed E-state index contributed by atoms with van der Waals surface area (Å²) in [5.74, 6) is 0.649. The second kappa shape index (κ2) is 8.63. The van der Waals surface area contributed by atoms with Gasteiger partial charge in [0, 0.05) is 31.2 Å². The Balaban J connectivity index is 1.29. The summed E-state index contributed by atoms with van der Waals surface area (Å²) in [6.07, 6.45) is 0.948. The standard InChI is InChI=1S/C24H23N3O4S/c28-22(15-31-18-5-2-1-3-6-18)26-12-16-11-17(14-26)20-9-8-19(24(30)27(20)13-16)25-23(29)21-7-4-10-32-21/h1-10,16-17H,11-15H2,(H,25,29). The van der Waals surface area contributed by atoms with E-state index in [1.807, 2.05) is 46.7 Å². The number of nitrogens with zero attached hydrogens (tertiary/aromatic N) is 2. The highest BCUT2D eigenvalue weighted by Gasteiger charge is 2.36. The number of thiophene rings is 1. The number of carbonyl (C=O) groups is 2. The summed E-state index contributed by atoms with van der Waals surface area (Å²) in [6.45, 7) is 1.71. The van der Waals surface area contributed by atoms with E-state index in [1.54, 1.807) is 22.8 Å². The fraction of sp³-hybridized carbons (Fsp3) is 0.292. The van der Waals surface area contributed by atoms with Crippen molar-refractivity contribution in [1.82, 2.24) is 9.47 Å². The lowest BCUT2D eigenvalue weighted by atomic mass is 9.83. The highest BCUT2D eigenvalue weighted by Crippen LogP contribution is 2.35. The molecule has 0 radical (unpaired) electrons. The third-order valence-electron chi connectivity index (χ3n) is 6.06. The van der Waals surface area contributed by atoms with E-state index < -0.39 is 0 Å². The maximum Gasteiger partial charge on any atom is 0.274 e.